The van der Waals surface area contributed by atoms with Crippen molar-refractivity contribution in [3.8, 4) is 0 Å². The summed E-state index contributed by atoms with van der Waals surface area (Å²) >= 11 is 0. The van der Waals surface area contributed by atoms with Crippen molar-refractivity contribution >= 4 is 11.7 Å². The molecule has 1 amide bonds. The summed E-state index contributed by atoms with van der Waals surface area (Å²) < 4.78 is 38.3. The van der Waals surface area contributed by atoms with Gasteiger partial charge in [0.05, 0.1) is 11.7 Å². The van der Waals surface area contributed by atoms with E-state index in [0.717, 1.165) is 12.1 Å². The Bertz CT molecular complexity index is 548. The van der Waals surface area contributed by atoms with Gasteiger partial charge in [0.15, 0.2) is 0 Å². The summed E-state index contributed by atoms with van der Waals surface area (Å²) in [6.07, 6.45) is -4.70. The SMILES string of the molecule is CC1CN(c2nc(C(F)(F)F)ccc2C(N)=O)CCC1O. The predicted molar refractivity (Wildman–Crippen MR) is 69.8 cm³/mol. The number of rotatable bonds is 2. The molecule has 0 spiro atoms. The van der Waals surface area contributed by atoms with Crippen molar-refractivity contribution in [2.45, 2.75) is 25.6 Å². The number of nitrogens with zero attached hydrogens (tertiary/aromatic N) is 2. The lowest BCUT2D eigenvalue weighted by Gasteiger charge is -2.36. The van der Waals surface area contributed by atoms with E-state index in [2.05, 4.69) is 4.98 Å². The van der Waals surface area contributed by atoms with Gasteiger partial charge in [-0.05, 0) is 24.5 Å². The third-order valence-electron chi connectivity index (χ3n) is 3.59. The van der Waals surface area contributed by atoms with E-state index in [1.54, 1.807) is 11.8 Å². The number of nitrogens with two attached hydrogens (primary N) is 1. The molecule has 2 atom stereocenters. The van der Waals surface area contributed by atoms with E-state index < -0.39 is 23.9 Å². The third kappa shape index (κ3) is 3.26. The Morgan fingerprint density at radius 3 is 2.67 bits per heavy atom. The van der Waals surface area contributed by atoms with Gasteiger partial charge in [-0.15, -0.1) is 0 Å². The summed E-state index contributed by atoms with van der Waals surface area (Å²) in [5.41, 5.74) is 4.09. The largest absolute Gasteiger partial charge is 0.433 e. The highest BCUT2D eigenvalue weighted by molar-refractivity contribution is 5.97. The number of primary amides is 1. The molecule has 116 valence electrons. The van der Waals surface area contributed by atoms with Crippen LogP contribution in [0.3, 0.4) is 0 Å². The summed E-state index contributed by atoms with van der Waals surface area (Å²) in [5, 5.41) is 9.69. The summed E-state index contributed by atoms with van der Waals surface area (Å²) in [6.45, 7) is 2.42. The third-order valence-corrected chi connectivity index (χ3v) is 3.59. The maximum Gasteiger partial charge on any atom is 0.433 e. The lowest BCUT2D eigenvalue weighted by atomic mass is 9.96. The molecule has 8 heteroatoms. The normalized spacial score (nSPS) is 23.2. The fraction of sp³-hybridized carbons (Fsp3) is 0.538. The monoisotopic (exact) mass is 303 g/mol. The van der Waals surface area contributed by atoms with E-state index in [0.29, 0.717) is 19.5 Å². The Kier molecular flexibility index (Phi) is 4.08. The van der Waals surface area contributed by atoms with Gasteiger partial charge in [-0.3, -0.25) is 4.79 Å². The number of carbonyl (C=O) groups excluding carboxylic acids is 1. The molecule has 2 heterocycles. The standard InChI is InChI=1S/C13H16F3N3O2/c1-7-6-19(5-4-9(7)20)12-8(11(17)21)2-3-10(18-12)13(14,15)16/h2-3,7,9,20H,4-6H2,1H3,(H2,17,21). The van der Waals surface area contributed by atoms with Gasteiger partial charge >= 0.3 is 6.18 Å². The number of hydrogen-bond donors (Lipinski definition) is 2. The molecule has 1 aliphatic rings. The first-order chi connectivity index (χ1) is 9.70. The average molecular weight is 303 g/mol. The lowest BCUT2D eigenvalue weighted by Crippen LogP contribution is -2.43. The van der Waals surface area contributed by atoms with Crippen molar-refractivity contribution in [2.75, 3.05) is 18.0 Å². The highest BCUT2D eigenvalue weighted by Crippen LogP contribution is 2.32. The van der Waals surface area contributed by atoms with Crippen molar-refractivity contribution in [3.63, 3.8) is 0 Å². The number of carbonyl (C=O) groups is 1. The molecule has 21 heavy (non-hydrogen) atoms. The van der Waals surface area contributed by atoms with Crippen LogP contribution < -0.4 is 10.6 Å². The molecule has 3 N–H and O–H groups in total. The molecule has 1 aromatic rings. The molecule has 1 aliphatic heterocycles. The van der Waals surface area contributed by atoms with Crippen LogP contribution in [0, 0.1) is 5.92 Å². The second-order valence-electron chi connectivity index (χ2n) is 5.21. The van der Waals surface area contributed by atoms with Crippen LogP contribution in [0.5, 0.6) is 0 Å². The van der Waals surface area contributed by atoms with Crippen LogP contribution in [0.4, 0.5) is 19.0 Å². The summed E-state index contributed by atoms with van der Waals surface area (Å²) in [5.74, 6) is -1.03. The molecule has 0 aliphatic carbocycles. The molecule has 0 saturated carbocycles. The van der Waals surface area contributed by atoms with E-state index in [1.165, 1.54) is 0 Å². The number of anilines is 1. The zero-order chi connectivity index (χ0) is 15.8. The number of halogens is 3. The van der Waals surface area contributed by atoms with E-state index in [-0.39, 0.29) is 17.3 Å². The van der Waals surface area contributed by atoms with E-state index >= 15 is 0 Å². The molecule has 0 bridgehead atoms. The Morgan fingerprint density at radius 2 is 2.14 bits per heavy atom. The zero-order valence-electron chi connectivity index (χ0n) is 11.4. The number of pyridine rings is 1. The Hall–Kier alpha value is -1.83. The first kappa shape index (κ1) is 15.6. The van der Waals surface area contributed by atoms with Gasteiger partial charge in [-0.1, -0.05) is 6.92 Å². The van der Waals surface area contributed by atoms with E-state index in [9.17, 15) is 23.1 Å². The molecule has 2 unspecified atom stereocenters. The first-order valence-electron chi connectivity index (χ1n) is 6.51. The quantitative estimate of drug-likeness (QED) is 0.865. The van der Waals surface area contributed by atoms with Crippen molar-refractivity contribution in [1.82, 2.24) is 4.98 Å². The Labute approximate surface area is 119 Å². The molecular weight excluding hydrogens is 287 g/mol. The van der Waals surface area contributed by atoms with Crippen LogP contribution >= 0.6 is 0 Å². The molecule has 1 fully saturated rings. The molecule has 1 aromatic heterocycles. The molecular formula is C13H16F3N3O2. The molecule has 0 aromatic carbocycles. The Morgan fingerprint density at radius 1 is 1.48 bits per heavy atom. The average Bonchev–Trinajstić information content (AvgIpc) is 2.40. The number of aromatic nitrogens is 1. The maximum absolute atomic E-state index is 12.8. The van der Waals surface area contributed by atoms with Gasteiger partial charge in [0.1, 0.15) is 11.5 Å². The number of aliphatic hydroxyl groups is 1. The Balaban J connectivity index is 2.42. The van der Waals surface area contributed by atoms with E-state index in [4.69, 9.17) is 5.73 Å². The summed E-state index contributed by atoms with van der Waals surface area (Å²) in [4.78, 5) is 16.5. The van der Waals surface area contributed by atoms with Crippen LogP contribution in [0.2, 0.25) is 0 Å². The second kappa shape index (κ2) is 5.51. The number of amides is 1. The van der Waals surface area contributed by atoms with Crippen molar-refractivity contribution in [2.24, 2.45) is 11.7 Å². The topological polar surface area (TPSA) is 79.5 Å². The van der Waals surface area contributed by atoms with Gasteiger partial charge in [0.25, 0.3) is 5.91 Å². The zero-order valence-corrected chi connectivity index (χ0v) is 11.4. The number of piperidine rings is 1. The minimum absolute atomic E-state index is 0.0495. The van der Waals surface area contributed by atoms with Gasteiger partial charge in [-0.2, -0.15) is 13.2 Å². The lowest BCUT2D eigenvalue weighted by molar-refractivity contribution is -0.141. The van der Waals surface area contributed by atoms with Gasteiger partial charge in [0, 0.05) is 13.1 Å². The maximum atomic E-state index is 12.8. The number of aliphatic hydroxyl groups excluding tert-OH is 1. The van der Waals surface area contributed by atoms with Gasteiger partial charge < -0.3 is 15.7 Å². The van der Waals surface area contributed by atoms with Crippen molar-refractivity contribution in [1.29, 1.82) is 0 Å². The number of alkyl halides is 3. The smallest absolute Gasteiger partial charge is 0.393 e. The van der Waals surface area contributed by atoms with Crippen LogP contribution in [0.1, 0.15) is 29.4 Å². The predicted octanol–water partition coefficient (Wildman–Crippen LogP) is 1.41. The molecule has 1 saturated heterocycles. The summed E-state index contributed by atoms with van der Waals surface area (Å²) in [7, 11) is 0. The van der Waals surface area contributed by atoms with Crippen LogP contribution in [-0.4, -0.2) is 35.2 Å². The minimum Gasteiger partial charge on any atom is -0.393 e. The van der Waals surface area contributed by atoms with Crippen molar-refractivity contribution < 1.29 is 23.1 Å². The summed E-state index contributed by atoms with van der Waals surface area (Å²) in [6, 6.07) is 1.79. The number of hydrogen-bond acceptors (Lipinski definition) is 4. The molecule has 2 rings (SSSR count). The highest BCUT2D eigenvalue weighted by Gasteiger charge is 2.35. The van der Waals surface area contributed by atoms with Gasteiger partial charge in [-0.25, -0.2) is 4.98 Å². The van der Waals surface area contributed by atoms with Crippen LogP contribution in [0.15, 0.2) is 12.1 Å². The molecule has 5 nitrogen and oxygen atoms in total. The second-order valence-corrected chi connectivity index (χ2v) is 5.21. The highest BCUT2D eigenvalue weighted by atomic mass is 19.4. The first-order valence-corrected chi connectivity index (χ1v) is 6.51. The van der Waals surface area contributed by atoms with E-state index in [1.807, 2.05) is 0 Å². The van der Waals surface area contributed by atoms with Crippen LogP contribution in [-0.2, 0) is 6.18 Å². The van der Waals surface area contributed by atoms with Crippen molar-refractivity contribution in [3.05, 3.63) is 23.4 Å². The van der Waals surface area contributed by atoms with Crippen LogP contribution in [0.25, 0.3) is 0 Å². The van der Waals surface area contributed by atoms with Gasteiger partial charge in [0.2, 0.25) is 0 Å². The fourth-order valence-electron chi connectivity index (χ4n) is 2.37. The fourth-order valence-corrected chi connectivity index (χ4v) is 2.37. The molecule has 0 radical (unpaired) electrons. The minimum atomic E-state index is -4.59.